The Hall–Kier alpha value is -0.0400. The van der Waals surface area contributed by atoms with Gasteiger partial charge in [0.25, 0.3) is 0 Å². The molecule has 130 valence electrons. The van der Waals surface area contributed by atoms with E-state index < -0.39 is 0 Å². The van der Waals surface area contributed by atoms with Gasteiger partial charge in [0.2, 0.25) is 0 Å². The first-order valence-electron chi connectivity index (χ1n) is 10.5. The van der Waals surface area contributed by atoms with Crippen LogP contribution < -0.4 is 5.32 Å². The molecule has 0 bridgehead atoms. The molecule has 22 heavy (non-hydrogen) atoms. The molecule has 1 heteroatoms. The molecular weight excluding hydrogens is 266 g/mol. The van der Waals surface area contributed by atoms with Crippen molar-refractivity contribution in [3.63, 3.8) is 0 Å². The van der Waals surface area contributed by atoms with Crippen LogP contribution in [0.3, 0.4) is 0 Å². The number of hydrogen-bond acceptors (Lipinski definition) is 1. The quantitative estimate of drug-likeness (QED) is 0.482. The third-order valence-corrected chi connectivity index (χ3v) is 6.85. The number of piperidine rings is 1. The lowest BCUT2D eigenvalue weighted by atomic mass is 9.64. The monoisotopic (exact) mass is 307 g/mol. The molecule has 0 radical (unpaired) electrons. The number of hydrogen-bond donors (Lipinski definition) is 1. The standard InChI is InChI=1S/C21H41N/c1-4-7-8-9-10-11-14-18-17-21(5-2,6-3)22-20-16-13-12-15-19(18)20/h18-20,22H,4-17H2,1-3H3. The van der Waals surface area contributed by atoms with Gasteiger partial charge < -0.3 is 5.32 Å². The van der Waals surface area contributed by atoms with E-state index in [4.69, 9.17) is 0 Å². The van der Waals surface area contributed by atoms with Gasteiger partial charge in [-0.05, 0) is 43.9 Å². The Morgan fingerprint density at radius 2 is 1.55 bits per heavy atom. The van der Waals surface area contributed by atoms with E-state index >= 15 is 0 Å². The van der Waals surface area contributed by atoms with Crippen LogP contribution in [0.5, 0.6) is 0 Å². The number of fused-ring (bicyclic) bond motifs is 1. The maximum atomic E-state index is 4.12. The van der Waals surface area contributed by atoms with Crippen molar-refractivity contribution in [1.29, 1.82) is 0 Å². The minimum absolute atomic E-state index is 0.464. The molecule has 0 amide bonds. The minimum Gasteiger partial charge on any atom is -0.308 e. The maximum Gasteiger partial charge on any atom is 0.0181 e. The second-order valence-corrected chi connectivity index (χ2v) is 8.21. The lowest BCUT2D eigenvalue weighted by Gasteiger charge is -2.52. The Labute approximate surface area is 140 Å². The fourth-order valence-electron chi connectivity index (χ4n) is 5.25. The van der Waals surface area contributed by atoms with Crippen molar-refractivity contribution in [3.05, 3.63) is 0 Å². The van der Waals surface area contributed by atoms with Gasteiger partial charge in [-0.3, -0.25) is 0 Å². The van der Waals surface area contributed by atoms with Crippen LogP contribution in [0.15, 0.2) is 0 Å². The molecule has 3 unspecified atom stereocenters. The summed E-state index contributed by atoms with van der Waals surface area (Å²) in [5, 5.41) is 4.12. The SMILES string of the molecule is CCCCCCCCC1CC(CC)(CC)NC2CCCCC12. The molecule has 1 N–H and O–H groups in total. The zero-order valence-electron chi connectivity index (χ0n) is 15.6. The average molecular weight is 308 g/mol. The second kappa shape index (κ2) is 9.30. The van der Waals surface area contributed by atoms with E-state index in [1.165, 1.54) is 89.9 Å². The van der Waals surface area contributed by atoms with E-state index in [0.29, 0.717) is 5.54 Å². The summed E-state index contributed by atoms with van der Waals surface area (Å²) in [6, 6.07) is 0.840. The molecule has 3 atom stereocenters. The Balaban J connectivity index is 1.85. The van der Waals surface area contributed by atoms with Crippen molar-refractivity contribution in [1.82, 2.24) is 5.32 Å². The zero-order chi connectivity index (χ0) is 15.8. The molecule has 1 heterocycles. The molecule has 2 fully saturated rings. The smallest absolute Gasteiger partial charge is 0.0181 e. The van der Waals surface area contributed by atoms with Crippen LogP contribution in [0.4, 0.5) is 0 Å². The van der Waals surface area contributed by atoms with Crippen molar-refractivity contribution in [2.24, 2.45) is 11.8 Å². The predicted molar refractivity (Wildman–Crippen MR) is 98.3 cm³/mol. The van der Waals surface area contributed by atoms with Crippen molar-refractivity contribution >= 4 is 0 Å². The van der Waals surface area contributed by atoms with Gasteiger partial charge in [0.05, 0.1) is 0 Å². The Morgan fingerprint density at radius 3 is 2.27 bits per heavy atom. The highest BCUT2D eigenvalue weighted by molar-refractivity contribution is 5.01. The predicted octanol–water partition coefficient (Wildman–Crippen LogP) is 6.46. The van der Waals surface area contributed by atoms with Gasteiger partial charge in [-0.1, -0.05) is 78.6 Å². The normalized spacial score (nSPS) is 31.0. The van der Waals surface area contributed by atoms with Gasteiger partial charge >= 0.3 is 0 Å². The van der Waals surface area contributed by atoms with E-state index in [2.05, 4.69) is 26.1 Å². The molecule has 2 aliphatic rings. The van der Waals surface area contributed by atoms with Gasteiger partial charge in [0, 0.05) is 11.6 Å². The average Bonchev–Trinajstić information content (AvgIpc) is 2.57. The highest BCUT2D eigenvalue weighted by atomic mass is 15.0. The summed E-state index contributed by atoms with van der Waals surface area (Å²) in [6.45, 7) is 7.12. The lowest BCUT2D eigenvalue weighted by Crippen LogP contribution is -2.60. The van der Waals surface area contributed by atoms with Gasteiger partial charge in [0.1, 0.15) is 0 Å². The molecule has 1 aliphatic carbocycles. The van der Waals surface area contributed by atoms with Crippen molar-refractivity contribution in [2.45, 2.75) is 122 Å². The highest BCUT2D eigenvalue weighted by Crippen LogP contribution is 2.44. The van der Waals surface area contributed by atoms with Crippen LogP contribution >= 0.6 is 0 Å². The van der Waals surface area contributed by atoms with E-state index in [1.54, 1.807) is 0 Å². The van der Waals surface area contributed by atoms with Crippen LogP contribution in [-0.2, 0) is 0 Å². The molecule has 1 aliphatic heterocycles. The summed E-state index contributed by atoms with van der Waals surface area (Å²) in [5.41, 5.74) is 0.464. The molecular formula is C21H41N. The fraction of sp³-hybridized carbons (Fsp3) is 1.00. The highest BCUT2D eigenvalue weighted by Gasteiger charge is 2.43. The van der Waals surface area contributed by atoms with Gasteiger partial charge in [-0.15, -0.1) is 0 Å². The van der Waals surface area contributed by atoms with Crippen LogP contribution in [0.2, 0.25) is 0 Å². The largest absolute Gasteiger partial charge is 0.308 e. The molecule has 1 nitrogen and oxygen atoms in total. The van der Waals surface area contributed by atoms with Crippen LogP contribution in [0.1, 0.15) is 111 Å². The number of unbranched alkanes of at least 4 members (excludes halogenated alkanes) is 5. The summed E-state index contributed by atoms with van der Waals surface area (Å²) in [4.78, 5) is 0. The Kier molecular flexibility index (Phi) is 7.74. The Morgan fingerprint density at radius 1 is 0.864 bits per heavy atom. The molecule has 1 saturated heterocycles. The van der Waals surface area contributed by atoms with Crippen LogP contribution in [-0.4, -0.2) is 11.6 Å². The molecule has 0 spiro atoms. The molecule has 1 saturated carbocycles. The third-order valence-electron chi connectivity index (χ3n) is 6.85. The zero-order valence-corrected chi connectivity index (χ0v) is 15.6. The number of rotatable bonds is 9. The second-order valence-electron chi connectivity index (χ2n) is 8.21. The maximum absolute atomic E-state index is 4.12. The third kappa shape index (κ3) is 4.73. The van der Waals surface area contributed by atoms with Gasteiger partial charge in [-0.25, -0.2) is 0 Å². The summed E-state index contributed by atoms with van der Waals surface area (Å²) < 4.78 is 0. The molecule has 0 aromatic heterocycles. The van der Waals surface area contributed by atoms with E-state index in [1.807, 2.05) is 0 Å². The number of nitrogens with one attached hydrogen (secondary N) is 1. The summed E-state index contributed by atoms with van der Waals surface area (Å²) in [7, 11) is 0. The first-order chi connectivity index (χ1) is 10.7. The van der Waals surface area contributed by atoms with E-state index in [9.17, 15) is 0 Å². The van der Waals surface area contributed by atoms with Crippen molar-refractivity contribution < 1.29 is 0 Å². The van der Waals surface area contributed by atoms with E-state index in [0.717, 1.165) is 17.9 Å². The molecule has 0 aromatic carbocycles. The Bertz CT molecular complexity index is 294. The minimum atomic E-state index is 0.464. The summed E-state index contributed by atoms with van der Waals surface area (Å²) in [6.07, 6.45) is 20.2. The van der Waals surface area contributed by atoms with E-state index in [-0.39, 0.29) is 0 Å². The fourth-order valence-corrected chi connectivity index (χ4v) is 5.25. The van der Waals surface area contributed by atoms with Crippen molar-refractivity contribution in [2.75, 3.05) is 0 Å². The topological polar surface area (TPSA) is 12.0 Å². The summed E-state index contributed by atoms with van der Waals surface area (Å²) in [5.74, 6) is 2.01. The molecule has 0 aromatic rings. The first kappa shape index (κ1) is 18.3. The van der Waals surface area contributed by atoms with Crippen LogP contribution in [0, 0.1) is 11.8 Å². The lowest BCUT2D eigenvalue weighted by molar-refractivity contribution is 0.0465. The van der Waals surface area contributed by atoms with Gasteiger partial charge in [-0.2, -0.15) is 0 Å². The summed E-state index contributed by atoms with van der Waals surface area (Å²) >= 11 is 0. The van der Waals surface area contributed by atoms with Crippen LogP contribution in [0.25, 0.3) is 0 Å². The first-order valence-corrected chi connectivity index (χ1v) is 10.5. The van der Waals surface area contributed by atoms with Crippen molar-refractivity contribution in [3.8, 4) is 0 Å². The molecule has 2 rings (SSSR count). The van der Waals surface area contributed by atoms with Gasteiger partial charge in [0.15, 0.2) is 0 Å².